The molecule has 8 nitrogen and oxygen atoms in total. The third-order valence-corrected chi connectivity index (χ3v) is 3.54. The van der Waals surface area contributed by atoms with E-state index in [1.807, 2.05) is 30.5 Å². The molecule has 0 aliphatic rings. The summed E-state index contributed by atoms with van der Waals surface area (Å²) < 4.78 is 4.35. The molecule has 0 saturated heterocycles. The van der Waals surface area contributed by atoms with Crippen molar-refractivity contribution >= 4 is 11.9 Å². The fourth-order valence-corrected chi connectivity index (χ4v) is 2.38. The maximum absolute atomic E-state index is 12.2. The number of carbonyl (C=O) groups is 1. The summed E-state index contributed by atoms with van der Waals surface area (Å²) in [6.07, 6.45) is 4.52. The largest absolute Gasteiger partial charge is 0.351 e. The molecule has 8 heteroatoms. The van der Waals surface area contributed by atoms with E-state index >= 15 is 0 Å². The molecule has 1 amide bonds. The number of hydrogen-bond acceptors (Lipinski definition) is 4. The molecule has 0 unspecified atom stereocenters. The van der Waals surface area contributed by atoms with Crippen LogP contribution in [0.2, 0.25) is 0 Å². The molecule has 0 saturated carbocycles. The molecule has 0 bridgehead atoms. The Balaban J connectivity index is 1.70. The van der Waals surface area contributed by atoms with Gasteiger partial charge >= 0.3 is 5.69 Å². The molecule has 2 heterocycles. The number of nitrogens with zero attached hydrogens (tertiary/aromatic N) is 5. The van der Waals surface area contributed by atoms with E-state index in [0.717, 1.165) is 0 Å². The van der Waals surface area contributed by atoms with Crippen LogP contribution < -0.4 is 11.0 Å². The zero-order chi connectivity index (χ0) is 16.9. The number of aryl methyl sites for hydroxylation is 2. The summed E-state index contributed by atoms with van der Waals surface area (Å²) in [6, 6.07) is 10.9. The van der Waals surface area contributed by atoms with Crippen molar-refractivity contribution in [2.45, 2.75) is 19.4 Å². The van der Waals surface area contributed by atoms with Gasteiger partial charge in [-0.15, -0.1) is 5.10 Å². The van der Waals surface area contributed by atoms with Crippen molar-refractivity contribution < 1.29 is 4.79 Å². The SMILES string of the molecule is Cn1nc(NC(=O)CCCn2cccn2)n(-c2ccccc2)c1=O. The lowest BCUT2D eigenvalue weighted by atomic mass is 10.3. The van der Waals surface area contributed by atoms with Gasteiger partial charge in [0, 0.05) is 32.4 Å². The van der Waals surface area contributed by atoms with Gasteiger partial charge in [0.1, 0.15) is 0 Å². The topological polar surface area (TPSA) is 86.7 Å². The Morgan fingerprint density at radius 2 is 2.00 bits per heavy atom. The lowest BCUT2D eigenvalue weighted by Gasteiger charge is -2.07. The molecule has 2 aromatic heterocycles. The molecule has 1 aromatic carbocycles. The van der Waals surface area contributed by atoms with Crippen molar-refractivity contribution in [1.29, 1.82) is 0 Å². The Labute approximate surface area is 138 Å². The summed E-state index contributed by atoms with van der Waals surface area (Å²) in [5, 5.41) is 10.9. The van der Waals surface area contributed by atoms with E-state index in [1.54, 1.807) is 30.1 Å². The Morgan fingerprint density at radius 3 is 2.71 bits per heavy atom. The number of anilines is 1. The van der Waals surface area contributed by atoms with Gasteiger partial charge in [0.2, 0.25) is 11.9 Å². The Morgan fingerprint density at radius 1 is 1.21 bits per heavy atom. The van der Waals surface area contributed by atoms with E-state index in [-0.39, 0.29) is 17.5 Å². The van der Waals surface area contributed by atoms with Gasteiger partial charge < -0.3 is 0 Å². The third kappa shape index (κ3) is 3.43. The van der Waals surface area contributed by atoms with E-state index in [4.69, 9.17) is 0 Å². The van der Waals surface area contributed by atoms with Crippen LogP contribution in [0, 0.1) is 0 Å². The van der Waals surface area contributed by atoms with Gasteiger partial charge in [-0.3, -0.25) is 14.8 Å². The lowest BCUT2D eigenvalue weighted by Crippen LogP contribution is -2.23. The van der Waals surface area contributed by atoms with Crippen LogP contribution >= 0.6 is 0 Å². The fraction of sp³-hybridized carbons (Fsp3) is 0.250. The molecular formula is C16H18N6O2. The van der Waals surface area contributed by atoms with E-state index < -0.39 is 0 Å². The summed E-state index contributed by atoms with van der Waals surface area (Å²) in [6.45, 7) is 0.661. The average Bonchev–Trinajstić information content (AvgIpc) is 3.17. The maximum atomic E-state index is 12.2. The molecular weight excluding hydrogens is 308 g/mol. The molecule has 0 aliphatic heterocycles. The summed E-state index contributed by atoms with van der Waals surface area (Å²) >= 11 is 0. The summed E-state index contributed by atoms with van der Waals surface area (Å²) in [5.74, 6) is 0.0303. The molecule has 0 atom stereocenters. The van der Waals surface area contributed by atoms with Gasteiger partial charge in [0.05, 0.1) is 5.69 Å². The van der Waals surface area contributed by atoms with Crippen LogP contribution in [-0.2, 0) is 18.4 Å². The highest BCUT2D eigenvalue weighted by Gasteiger charge is 2.15. The Bertz CT molecular complexity index is 864. The van der Waals surface area contributed by atoms with Crippen molar-refractivity contribution in [1.82, 2.24) is 24.1 Å². The maximum Gasteiger partial charge on any atom is 0.351 e. The van der Waals surface area contributed by atoms with Gasteiger partial charge in [0.15, 0.2) is 0 Å². The summed E-state index contributed by atoms with van der Waals surface area (Å²) in [4.78, 5) is 24.4. The lowest BCUT2D eigenvalue weighted by molar-refractivity contribution is -0.116. The number of hydrogen-bond donors (Lipinski definition) is 1. The number of benzene rings is 1. The average molecular weight is 326 g/mol. The van der Waals surface area contributed by atoms with Crippen molar-refractivity contribution in [3.05, 3.63) is 59.3 Å². The van der Waals surface area contributed by atoms with Gasteiger partial charge in [-0.25, -0.2) is 14.0 Å². The van der Waals surface area contributed by atoms with Crippen molar-refractivity contribution in [3.63, 3.8) is 0 Å². The van der Waals surface area contributed by atoms with Gasteiger partial charge in [-0.1, -0.05) is 18.2 Å². The highest BCUT2D eigenvalue weighted by atomic mass is 16.2. The normalized spacial score (nSPS) is 10.7. The molecule has 0 spiro atoms. The van der Waals surface area contributed by atoms with Crippen molar-refractivity contribution in [3.8, 4) is 5.69 Å². The van der Waals surface area contributed by atoms with Crippen LogP contribution in [0.5, 0.6) is 0 Å². The van der Waals surface area contributed by atoms with E-state index in [9.17, 15) is 9.59 Å². The number of carbonyl (C=O) groups excluding carboxylic acids is 1. The Kier molecular flexibility index (Phi) is 4.55. The van der Waals surface area contributed by atoms with E-state index in [2.05, 4.69) is 15.5 Å². The molecule has 3 aromatic rings. The molecule has 0 fully saturated rings. The van der Waals surface area contributed by atoms with E-state index in [0.29, 0.717) is 25.1 Å². The predicted molar refractivity (Wildman–Crippen MR) is 88.9 cm³/mol. The van der Waals surface area contributed by atoms with Gasteiger partial charge in [-0.2, -0.15) is 5.10 Å². The molecule has 0 aliphatic carbocycles. The standard InChI is InChI=1S/C16H18N6O2/c1-20-16(24)22(13-7-3-2-4-8-13)15(19-20)18-14(23)9-5-11-21-12-6-10-17-21/h2-4,6-8,10,12H,5,9,11H2,1H3,(H,18,19,23). The number of para-hydroxylation sites is 1. The highest BCUT2D eigenvalue weighted by Crippen LogP contribution is 2.11. The van der Waals surface area contributed by atoms with Gasteiger partial charge in [-0.05, 0) is 24.6 Å². The second-order valence-electron chi connectivity index (χ2n) is 5.32. The van der Waals surface area contributed by atoms with Crippen molar-refractivity contribution in [2.75, 3.05) is 5.32 Å². The zero-order valence-corrected chi connectivity index (χ0v) is 13.3. The minimum absolute atomic E-state index is 0.190. The summed E-state index contributed by atoms with van der Waals surface area (Å²) in [5.41, 5.74) is 0.343. The van der Waals surface area contributed by atoms with Gasteiger partial charge in [0.25, 0.3) is 0 Å². The van der Waals surface area contributed by atoms with Crippen LogP contribution in [0.3, 0.4) is 0 Å². The first-order valence-corrected chi connectivity index (χ1v) is 7.64. The smallest absolute Gasteiger partial charge is 0.294 e. The van der Waals surface area contributed by atoms with E-state index in [1.165, 1.54) is 9.25 Å². The number of rotatable bonds is 6. The molecule has 0 radical (unpaired) electrons. The molecule has 1 N–H and O–H groups in total. The third-order valence-electron chi connectivity index (χ3n) is 3.54. The molecule has 124 valence electrons. The van der Waals surface area contributed by atoms with Crippen LogP contribution in [0.1, 0.15) is 12.8 Å². The second kappa shape index (κ2) is 6.95. The first-order chi connectivity index (χ1) is 11.6. The second-order valence-corrected chi connectivity index (χ2v) is 5.32. The van der Waals surface area contributed by atoms with Crippen LogP contribution in [0.4, 0.5) is 5.95 Å². The van der Waals surface area contributed by atoms with Crippen LogP contribution in [0.15, 0.2) is 53.6 Å². The monoisotopic (exact) mass is 326 g/mol. The number of aromatic nitrogens is 5. The zero-order valence-electron chi connectivity index (χ0n) is 13.3. The quantitative estimate of drug-likeness (QED) is 0.737. The minimum Gasteiger partial charge on any atom is -0.294 e. The molecule has 24 heavy (non-hydrogen) atoms. The first-order valence-electron chi connectivity index (χ1n) is 7.64. The molecule has 3 rings (SSSR count). The predicted octanol–water partition coefficient (Wildman–Crippen LogP) is 1.19. The summed E-state index contributed by atoms with van der Waals surface area (Å²) in [7, 11) is 1.55. The fourth-order valence-electron chi connectivity index (χ4n) is 2.38. The van der Waals surface area contributed by atoms with Crippen LogP contribution in [-0.4, -0.2) is 30.0 Å². The highest BCUT2D eigenvalue weighted by molar-refractivity contribution is 5.89. The Hall–Kier alpha value is -3.16. The number of amides is 1. The first kappa shape index (κ1) is 15.7. The van der Waals surface area contributed by atoms with Crippen molar-refractivity contribution in [2.24, 2.45) is 7.05 Å². The minimum atomic E-state index is -0.312. The van der Waals surface area contributed by atoms with Crippen LogP contribution in [0.25, 0.3) is 5.69 Å². The number of nitrogens with one attached hydrogen (secondary N) is 1.